The summed E-state index contributed by atoms with van der Waals surface area (Å²) < 4.78 is 18.5. The van der Waals surface area contributed by atoms with Gasteiger partial charge in [-0.05, 0) is 24.6 Å². The van der Waals surface area contributed by atoms with Crippen LogP contribution >= 0.6 is 12.4 Å². The van der Waals surface area contributed by atoms with Crippen molar-refractivity contribution in [2.24, 2.45) is 5.92 Å². The van der Waals surface area contributed by atoms with Gasteiger partial charge in [0, 0.05) is 11.5 Å². The zero-order valence-corrected chi connectivity index (χ0v) is 10.2. The van der Waals surface area contributed by atoms with E-state index in [-0.39, 0.29) is 24.1 Å². The summed E-state index contributed by atoms with van der Waals surface area (Å²) in [5.74, 6) is -1.36. The standard InChI is InChI=1S/C12H13FO3.ClH/c1-2-8(12(14)15)10-6-16-11-4-3-7(13)5-9(10)11;/h3-5,8,10H,2,6H2,1H3,(H,14,15);1H. The molecule has 0 saturated heterocycles. The number of rotatable bonds is 3. The lowest BCUT2D eigenvalue weighted by molar-refractivity contribution is -0.142. The van der Waals surface area contributed by atoms with Crippen molar-refractivity contribution in [3.05, 3.63) is 29.6 Å². The fourth-order valence-corrected chi connectivity index (χ4v) is 2.17. The van der Waals surface area contributed by atoms with E-state index in [2.05, 4.69) is 0 Å². The lowest BCUT2D eigenvalue weighted by Gasteiger charge is -2.16. The quantitative estimate of drug-likeness (QED) is 0.909. The third-order valence-electron chi connectivity index (χ3n) is 3.03. The summed E-state index contributed by atoms with van der Waals surface area (Å²) in [4.78, 5) is 11.1. The van der Waals surface area contributed by atoms with E-state index >= 15 is 0 Å². The van der Waals surface area contributed by atoms with Gasteiger partial charge in [-0.3, -0.25) is 4.79 Å². The van der Waals surface area contributed by atoms with Crippen LogP contribution in [0.25, 0.3) is 0 Å². The first-order chi connectivity index (χ1) is 7.63. The Morgan fingerprint density at radius 1 is 1.65 bits per heavy atom. The van der Waals surface area contributed by atoms with Gasteiger partial charge in [0.1, 0.15) is 11.6 Å². The average Bonchev–Trinajstić information content (AvgIpc) is 2.62. The van der Waals surface area contributed by atoms with Crippen molar-refractivity contribution in [3.63, 3.8) is 0 Å². The van der Waals surface area contributed by atoms with E-state index in [1.54, 1.807) is 6.07 Å². The lowest BCUT2D eigenvalue weighted by Crippen LogP contribution is -2.22. The van der Waals surface area contributed by atoms with Gasteiger partial charge in [0.25, 0.3) is 0 Å². The summed E-state index contributed by atoms with van der Waals surface area (Å²) in [6.45, 7) is 2.14. The van der Waals surface area contributed by atoms with E-state index in [1.165, 1.54) is 12.1 Å². The van der Waals surface area contributed by atoms with Gasteiger partial charge in [0.15, 0.2) is 0 Å². The number of aliphatic carboxylic acids is 1. The van der Waals surface area contributed by atoms with Crippen LogP contribution in [0, 0.1) is 11.7 Å². The highest BCUT2D eigenvalue weighted by atomic mass is 35.5. The number of benzene rings is 1. The van der Waals surface area contributed by atoms with E-state index in [1.807, 2.05) is 6.92 Å². The predicted molar refractivity (Wildman–Crippen MR) is 63.3 cm³/mol. The molecule has 1 aromatic rings. The number of halogens is 2. The fourth-order valence-electron chi connectivity index (χ4n) is 2.17. The minimum absolute atomic E-state index is 0. The zero-order valence-electron chi connectivity index (χ0n) is 9.35. The second-order valence-electron chi connectivity index (χ2n) is 3.95. The van der Waals surface area contributed by atoms with E-state index in [0.29, 0.717) is 24.3 Å². The molecule has 0 fully saturated rings. The van der Waals surface area contributed by atoms with Crippen LogP contribution in [0.4, 0.5) is 4.39 Å². The Bertz CT molecular complexity index is 422. The van der Waals surface area contributed by atoms with Gasteiger partial charge >= 0.3 is 5.97 Å². The van der Waals surface area contributed by atoms with Gasteiger partial charge in [-0.2, -0.15) is 0 Å². The normalized spacial score (nSPS) is 18.8. The largest absolute Gasteiger partial charge is 0.493 e. The maximum absolute atomic E-state index is 13.1. The van der Waals surface area contributed by atoms with Crippen LogP contribution in [0.2, 0.25) is 0 Å². The smallest absolute Gasteiger partial charge is 0.307 e. The van der Waals surface area contributed by atoms with Gasteiger partial charge in [0.2, 0.25) is 0 Å². The molecule has 1 aliphatic rings. The molecule has 5 heteroatoms. The first-order valence-corrected chi connectivity index (χ1v) is 5.28. The highest BCUT2D eigenvalue weighted by Gasteiger charge is 2.34. The lowest BCUT2D eigenvalue weighted by atomic mass is 9.86. The van der Waals surface area contributed by atoms with Crippen LogP contribution in [0.1, 0.15) is 24.8 Å². The molecule has 2 unspecified atom stereocenters. The molecule has 0 spiro atoms. The topological polar surface area (TPSA) is 46.5 Å². The fraction of sp³-hybridized carbons (Fsp3) is 0.417. The Hall–Kier alpha value is -1.29. The maximum atomic E-state index is 13.1. The molecule has 0 aromatic heterocycles. The molecule has 1 heterocycles. The van der Waals surface area contributed by atoms with Gasteiger partial charge in [-0.25, -0.2) is 4.39 Å². The number of carboxylic acids is 1. The highest BCUT2D eigenvalue weighted by molar-refractivity contribution is 5.85. The first kappa shape index (κ1) is 13.8. The maximum Gasteiger partial charge on any atom is 0.307 e. The second kappa shape index (κ2) is 5.36. The van der Waals surface area contributed by atoms with Crippen LogP contribution in [-0.4, -0.2) is 17.7 Å². The molecule has 94 valence electrons. The van der Waals surface area contributed by atoms with E-state index in [0.717, 1.165) is 0 Å². The molecule has 0 bridgehead atoms. The van der Waals surface area contributed by atoms with Crippen molar-refractivity contribution in [3.8, 4) is 5.75 Å². The highest BCUT2D eigenvalue weighted by Crippen LogP contribution is 2.39. The van der Waals surface area contributed by atoms with Crippen LogP contribution in [0.15, 0.2) is 18.2 Å². The predicted octanol–water partition coefficient (Wildman–Crippen LogP) is 2.83. The number of carboxylic acid groups (broad SMARTS) is 1. The molecule has 3 nitrogen and oxygen atoms in total. The van der Waals surface area contributed by atoms with Crippen LogP contribution in [0.3, 0.4) is 0 Å². The Labute approximate surface area is 105 Å². The van der Waals surface area contributed by atoms with Crippen molar-refractivity contribution in [1.29, 1.82) is 0 Å². The average molecular weight is 261 g/mol. The summed E-state index contributed by atoms with van der Waals surface area (Å²) in [5, 5.41) is 9.08. The third kappa shape index (κ3) is 2.52. The van der Waals surface area contributed by atoms with Crippen molar-refractivity contribution in [2.75, 3.05) is 6.61 Å². The Balaban J connectivity index is 0.00000144. The molecule has 0 aliphatic carbocycles. The molecule has 1 aromatic carbocycles. The van der Waals surface area contributed by atoms with Crippen molar-refractivity contribution in [1.82, 2.24) is 0 Å². The SMILES string of the molecule is CCC(C(=O)O)C1COc2ccc(F)cc21.Cl. The summed E-state index contributed by atoms with van der Waals surface area (Å²) in [7, 11) is 0. The summed E-state index contributed by atoms with van der Waals surface area (Å²) >= 11 is 0. The minimum atomic E-state index is -0.854. The van der Waals surface area contributed by atoms with Crippen molar-refractivity contribution >= 4 is 18.4 Å². The molecule has 0 saturated carbocycles. The summed E-state index contributed by atoms with van der Waals surface area (Å²) in [6.07, 6.45) is 0.513. The molecule has 1 N–H and O–H groups in total. The second-order valence-corrected chi connectivity index (χ2v) is 3.95. The molecular formula is C12H14ClFO3. The molecular weight excluding hydrogens is 247 g/mol. The molecule has 2 rings (SSSR count). The van der Waals surface area contributed by atoms with E-state index < -0.39 is 11.9 Å². The number of hydrogen-bond acceptors (Lipinski definition) is 2. The number of carbonyl (C=O) groups is 1. The van der Waals surface area contributed by atoms with Gasteiger partial charge in [0.05, 0.1) is 12.5 Å². The molecule has 0 amide bonds. The first-order valence-electron chi connectivity index (χ1n) is 5.28. The Morgan fingerprint density at radius 3 is 2.94 bits per heavy atom. The molecule has 2 atom stereocenters. The van der Waals surface area contributed by atoms with Gasteiger partial charge < -0.3 is 9.84 Å². The molecule has 0 radical (unpaired) electrons. The van der Waals surface area contributed by atoms with Crippen LogP contribution in [-0.2, 0) is 4.79 Å². The van der Waals surface area contributed by atoms with Crippen LogP contribution < -0.4 is 4.74 Å². The zero-order chi connectivity index (χ0) is 11.7. The monoisotopic (exact) mass is 260 g/mol. The Kier molecular flexibility index (Phi) is 4.34. The third-order valence-corrected chi connectivity index (χ3v) is 3.03. The van der Waals surface area contributed by atoms with Gasteiger partial charge in [-0.15, -0.1) is 12.4 Å². The summed E-state index contributed by atoms with van der Waals surface area (Å²) in [6, 6.07) is 4.25. The summed E-state index contributed by atoms with van der Waals surface area (Å²) in [5.41, 5.74) is 0.675. The molecule has 1 aliphatic heterocycles. The van der Waals surface area contributed by atoms with Gasteiger partial charge in [-0.1, -0.05) is 6.92 Å². The molecule has 17 heavy (non-hydrogen) atoms. The number of ether oxygens (including phenoxy) is 1. The van der Waals surface area contributed by atoms with E-state index in [9.17, 15) is 9.18 Å². The number of fused-ring (bicyclic) bond motifs is 1. The van der Waals surface area contributed by atoms with Crippen molar-refractivity contribution in [2.45, 2.75) is 19.3 Å². The van der Waals surface area contributed by atoms with Crippen molar-refractivity contribution < 1.29 is 19.0 Å². The van der Waals surface area contributed by atoms with E-state index in [4.69, 9.17) is 9.84 Å². The minimum Gasteiger partial charge on any atom is -0.493 e. The Morgan fingerprint density at radius 2 is 2.35 bits per heavy atom. The van der Waals surface area contributed by atoms with Crippen LogP contribution in [0.5, 0.6) is 5.75 Å². The number of hydrogen-bond donors (Lipinski definition) is 1.